The fraction of sp³-hybridized carbons (Fsp3) is 0.200. The molecule has 17 heavy (non-hydrogen) atoms. The minimum absolute atomic E-state index is 0.775. The van der Waals surface area contributed by atoms with Gasteiger partial charge in [-0.15, -0.1) is 0 Å². The first-order valence-electron chi connectivity index (χ1n) is 5.76. The fourth-order valence-electron chi connectivity index (χ4n) is 2.14. The summed E-state index contributed by atoms with van der Waals surface area (Å²) in [5.41, 5.74) is 12.5. The molecule has 0 bridgehead atoms. The van der Waals surface area contributed by atoms with Gasteiger partial charge in [0.05, 0.1) is 0 Å². The largest absolute Gasteiger partial charge is 0.399 e. The summed E-state index contributed by atoms with van der Waals surface area (Å²) in [6.07, 6.45) is 0. The summed E-state index contributed by atoms with van der Waals surface area (Å²) < 4.78 is 0. The molecule has 0 aromatic heterocycles. The second-order valence-electron chi connectivity index (χ2n) is 4.52. The van der Waals surface area contributed by atoms with E-state index in [-0.39, 0.29) is 0 Å². The summed E-state index contributed by atoms with van der Waals surface area (Å²) in [5, 5.41) is 3.43. The molecule has 0 aliphatic carbocycles. The first-order chi connectivity index (χ1) is 8.06. The van der Waals surface area contributed by atoms with Gasteiger partial charge < -0.3 is 11.1 Å². The maximum absolute atomic E-state index is 5.77. The summed E-state index contributed by atoms with van der Waals surface area (Å²) in [5.74, 6) is 0. The van der Waals surface area contributed by atoms with Crippen LogP contribution in [0.5, 0.6) is 0 Å². The van der Waals surface area contributed by atoms with Crippen LogP contribution in [-0.4, -0.2) is 0 Å². The van der Waals surface area contributed by atoms with E-state index >= 15 is 0 Å². The Hall–Kier alpha value is -1.96. The molecule has 2 nitrogen and oxygen atoms in total. The molecule has 0 radical (unpaired) electrons. The zero-order valence-electron chi connectivity index (χ0n) is 10.5. The third kappa shape index (κ3) is 2.59. The minimum Gasteiger partial charge on any atom is -0.399 e. The molecule has 2 rings (SSSR count). The van der Waals surface area contributed by atoms with Crippen molar-refractivity contribution in [3.05, 3.63) is 53.1 Å². The molecular formula is C15H18N2. The van der Waals surface area contributed by atoms with Crippen LogP contribution in [0.2, 0.25) is 0 Å². The highest BCUT2D eigenvalue weighted by molar-refractivity contribution is 5.69. The minimum atomic E-state index is 0.775. The lowest BCUT2D eigenvalue weighted by Crippen LogP contribution is -1.97. The Labute approximate surface area is 102 Å². The van der Waals surface area contributed by atoms with Gasteiger partial charge in [-0.3, -0.25) is 0 Å². The van der Waals surface area contributed by atoms with E-state index < -0.39 is 0 Å². The number of benzene rings is 2. The molecule has 88 valence electrons. The Morgan fingerprint density at radius 3 is 2.18 bits per heavy atom. The lowest BCUT2D eigenvalue weighted by molar-refractivity contribution is 1.31. The van der Waals surface area contributed by atoms with E-state index in [2.05, 4.69) is 38.2 Å². The van der Waals surface area contributed by atoms with Crippen LogP contribution in [0.3, 0.4) is 0 Å². The van der Waals surface area contributed by atoms with Gasteiger partial charge in [-0.2, -0.15) is 0 Å². The number of hydrogen-bond donors (Lipinski definition) is 2. The van der Waals surface area contributed by atoms with Gasteiger partial charge in [0.1, 0.15) is 0 Å². The van der Waals surface area contributed by atoms with E-state index in [0.29, 0.717) is 0 Å². The molecule has 0 saturated heterocycles. The Bertz CT molecular complexity index is 521. The van der Waals surface area contributed by atoms with Crippen LogP contribution in [0.25, 0.3) is 0 Å². The molecule has 0 spiro atoms. The van der Waals surface area contributed by atoms with Crippen molar-refractivity contribution in [2.45, 2.75) is 20.8 Å². The topological polar surface area (TPSA) is 38.0 Å². The molecule has 2 aromatic carbocycles. The van der Waals surface area contributed by atoms with Crippen molar-refractivity contribution < 1.29 is 0 Å². The highest BCUT2D eigenvalue weighted by Gasteiger charge is 2.04. The summed E-state index contributed by atoms with van der Waals surface area (Å²) in [7, 11) is 0. The van der Waals surface area contributed by atoms with Crippen LogP contribution in [0.4, 0.5) is 17.1 Å². The van der Waals surface area contributed by atoms with E-state index in [1.54, 1.807) is 0 Å². The monoisotopic (exact) mass is 226 g/mol. The quantitative estimate of drug-likeness (QED) is 0.761. The number of rotatable bonds is 2. The van der Waals surface area contributed by atoms with Crippen molar-refractivity contribution in [1.29, 1.82) is 0 Å². The molecule has 0 heterocycles. The molecule has 0 amide bonds. The van der Waals surface area contributed by atoms with Gasteiger partial charge in [-0.1, -0.05) is 23.8 Å². The van der Waals surface area contributed by atoms with Crippen LogP contribution >= 0.6 is 0 Å². The lowest BCUT2D eigenvalue weighted by Gasteiger charge is -2.14. The second-order valence-corrected chi connectivity index (χ2v) is 4.52. The van der Waals surface area contributed by atoms with E-state index in [0.717, 1.165) is 11.4 Å². The maximum Gasteiger partial charge on any atom is 0.0443 e. The van der Waals surface area contributed by atoms with E-state index in [1.807, 2.05) is 24.3 Å². The normalized spacial score (nSPS) is 10.3. The fourth-order valence-corrected chi connectivity index (χ4v) is 2.14. The van der Waals surface area contributed by atoms with Crippen molar-refractivity contribution in [2.75, 3.05) is 11.1 Å². The number of aryl methyl sites for hydroxylation is 3. The molecule has 0 aliphatic rings. The van der Waals surface area contributed by atoms with E-state index in [9.17, 15) is 0 Å². The van der Waals surface area contributed by atoms with Crippen LogP contribution in [-0.2, 0) is 0 Å². The van der Waals surface area contributed by atoms with Gasteiger partial charge >= 0.3 is 0 Å². The van der Waals surface area contributed by atoms with Gasteiger partial charge in [0.25, 0.3) is 0 Å². The summed E-state index contributed by atoms with van der Waals surface area (Å²) in [4.78, 5) is 0. The van der Waals surface area contributed by atoms with Gasteiger partial charge in [-0.25, -0.2) is 0 Å². The number of nitrogens with two attached hydrogens (primary N) is 1. The molecule has 0 unspecified atom stereocenters. The van der Waals surface area contributed by atoms with Gasteiger partial charge in [0, 0.05) is 17.1 Å². The first-order valence-corrected chi connectivity index (χ1v) is 5.76. The zero-order valence-corrected chi connectivity index (χ0v) is 10.5. The molecule has 0 fully saturated rings. The zero-order chi connectivity index (χ0) is 12.4. The summed E-state index contributed by atoms with van der Waals surface area (Å²) in [6, 6.07) is 12.2. The third-order valence-corrected chi connectivity index (χ3v) is 2.83. The average molecular weight is 226 g/mol. The number of nitrogens with one attached hydrogen (secondary N) is 1. The highest BCUT2D eigenvalue weighted by atomic mass is 14.9. The smallest absolute Gasteiger partial charge is 0.0443 e. The Kier molecular flexibility index (Phi) is 3.05. The van der Waals surface area contributed by atoms with Crippen LogP contribution < -0.4 is 11.1 Å². The van der Waals surface area contributed by atoms with Gasteiger partial charge in [0.2, 0.25) is 0 Å². The number of hydrogen-bond acceptors (Lipinski definition) is 2. The molecule has 0 saturated carbocycles. The van der Waals surface area contributed by atoms with Crippen molar-refractivity contribution in [3.8, 4) is 0 Å². The first kappa shape index (κ1) is 11.5. The van der Waals surface area contributed by atoms with Gasteiger partial charge in [0.15, 0.2) is 0 Å². The van der Waals surface area contributed by atoms with Gasteiger partial charge in [-0.05, 0) is 50.1 Å². The van der Waals surface area contributed by atoms with Crippen LogP contribution in [0.15, 0.2) is 36.4 Å². The maximum atomic E-state index is 5.77. The van der Waals surface area contributed by atoms with Crippen LogP contribution in [0.1, 0.15) is 16.7 Å². The van der Waals surface area contributed by atoms with Crippen molar-refractivity contribution >= 4 is 17.1 Å². The predicted octanol–water partition coefficient (Wildman–Crippen LogP) is 3.94. The second kappa shape index (κ2) is 4.50. The number of nitrogen functional groups attached to an aromatic ring is 1. The van der Waals surface area contributed by atoms with Crippen molar-refractivity contribution in [3.63, 3.8) is 0 Å². The summed E-state index contributed by atoms with van der Waals surface area (Å²) in [6.45, 7) is 6.35. The Morgan fingerprint density at radius 2 is 1.59 bits per heavy atom. The predicted molar refractivity (Wildman–Crippen MR) is 74.8 cm³/mol. The molecule has 2 aromatic rings. The van der Waals surface area contributed by atoms with E-state index in [4.69, 9.17) is 5.73 Å². The Morgan fingerprint density at radius 1 is 0.941 bits per heavy atom. The molecule has 3 N–H and O–H groups in total. The third-order valence-electron chi connectivity index (χ3n) is 2.83. The Balaban J connectivity index is 2.36. The molecular weight excluding hydrogens is 208 g/mol. The number of anilines is 3. The molecule has 0 atom stereocenters. The molecule has 0 aliphatic heterocycles. The molecule has 2 heteroatoms. The SMILES string of the molecule is Cc1cc(C)c(Nc2cccc(N)c2)c(C)c1. The van der Waals surface area contributed by atoms with Crippen molar-refractivity contribution in [2.24, 2.45) is 0 Å². The average Bonchev–Trinajstić information content (AvgIpc) is 2.23. The van der Waals surface area contributed by atoms with Crippen molar-refractivity contribution in [1.82, 2.24) is 0 Å². The van der Waals surface area contributed by atoms with E-state index in [1.165, 1.54) is 22.4 Å². The standard InChI is InChI=1S/C15H18N2/c1-10-7-11(2)15(12(3)8-10)17-14-6-4-5-13(16)9-14/h4-9,17H,16H2,1-3H3. The van der Waals surface area contributed by atoms with Crippen LogP contribution in [0, 0.1) is 20.8 Å². The highest BCUT2D eigenvalue weighted by Crippen LogP contribution is 2.26. The lowest BCUT2D eigenvalue weighted by atomic mass is 10.0. The summed E-state index contributed by atoms with van der Waals surface area (Å²) >= 11 is 0.